The molecule has 0 aromatic heterocycles. The summed E-state index contributed by atoms with van der Waals surface area (Å²) in [6.45, 7) is 2.42. The Kier molecular flexibility index (Phi) is 13.3. The van der Waals surface area contributed by atoms with Crippen molar-refractivity contribution in [3.05, 3.63) is 0 Å². The summed E-state index contributed by atoms with van der Waals surface area (Å²) in [5, 5.41) is -1.60. The first-order valence-corrected chi connectivity index (χ1v) is 11.7. The maximum atomic E-state index is 12.6. The van der Waals surface area contributed by atoms with Crippen molar-refractivity contribution in [2.45, 2.75) is 35.8 Å². The lowest BCUT2D eigenvalue weighted by molar-refractivity contribution is -0.125. The molecule has 0 radical (unpaired) electrons. The van der Waals surface area contributed by atoms with Crippen molar-refractivity contribution in [2.24, 2.45) is 4.99 Å². The average Bonchev–Trinajstić information content (AvgIpc) is 2.59. The molecule has 0 amide bonds. The summed E-state index contributed by atoms with van der Waals surface area (Å²) >= 11 is 17.3. The topological polar surface area (TPSA) is 121 Å². The van der Waals surface area contributed by atoms with Crippen molar-refractivity contribution in [3.8, 4) is 0 Å². The molecule has 0 aliphatic rings. The van der Waals surface area contributed by atoms with Gasteiger partial charge in [-0.25, -0.2) is 9.36 Å². The van der Waals surface area contributed by atoms with Crippen LogP contribution in [0, 0.1) is 0 Å². The summed E-state index contributed by atoms with van der Waals surface area (Å²) in [4.78, 5) is 37.6. The van der Waals surface area contributed by atoms with E-state index in [0.717, 1.165) is 11.8 Å². The predicted molar refractivity (Wildman–Crippen MR) is 110 cm³/mol. The zero-order chi connectivity index (χ0) is 21.8. The van der Waals surface area contributed by atoms with Gasteiger partial charge in [-0.05, 0) is 12.8 Å². The molecular weight excluding hydrogens is 480 g/mol. The van der Waals surface area contributed by atoms with E-state index in [9.17, 15) is 19.0 Å². The van der Waals surface area contributed by atoms with Crippen LogP contribution in [0.3, 0.4) is 0 Å². The lowest BCUT2D eigenvalue weighted by Gasteiger charge is -2.30. The van der Waals surface area contributed by atoms with Gasteiger partial charge in [0.1, 0.15) is 20.0 Å². The first-order valence-electron chi connectivity index (χ1n) is 7.92. The molecule has 0 heterocycles. The van der Waals surface area contributed by atoms with Crippen LogP contribution in [-0.2, 0) is 28.1 Å². The molecular formula is C14H23Cl3NO8PS. The van der Waals surface area contributed by atoms with E-state index >= 15 is 0 Å². The molecule has 0 fully saturated rings. The highest BCUT2D eigenvalue weighted by Crippen LogP contribution is 2.60. The lowest BCUT2D eigenvalue weighted by atomic mass is 10.2. The molecule has 0 aliphatic heterocycles. The fraction of sp³-hybridized carbons (Fsp3) is 0.786. The van der Waals surface area contributed by atoms with Gasteiger partial charge in [0.25, 0.3) is 0 Å². The number of rotatable bonds is 13. The van der Waals surface area contributed by atoms with Gasteiger partial charge < -0.3 is 23.6 Å². The minimum Gasteiger partial charge on any atom is -0.429 e. The Bertz CT molecular complexity index is 583. The van der Waals surface area contributed by atoms with Gasteiger partial charge in [0.2, 0.25) is 3.79 Å². The van der Waals surface area contributed by atoms with Crippen LogP contribution < -0.4 is 0 Å². The molecule has 0 saturated heterocycles. The second kappa shape index (κ2) is 13.3. The van der Waals surface area contributed by atoms with E-state index in [4.69, 9.17) is 39.5 Å². The van der Waals surface area contributed by atoms with Gasteiger partial charge in [0.05, 0.1) is 11.3 Å². The normalized spacial score (nSPS) is 14.7. The van der Waals surface area contributed by atoms with Crippen LogP contribution in [0.1, 0.15) is 26.7 Å². The lowest BCUT2D eigenvalue weighted by Crippen LogP contribution is -2.28. The van der Waals surface area contributed by atoms with Crippen LogP contribution in [0.25, 0.3) is 0 Å². The number of hydrogen-bond acceptors (Lipinski definition) is 9. The second-order valence-electron chi connectivity index (χ2n) is 5.29. The highest BCUT2D eigenvalue weighted by molar-refractivity contribution is 8.12. The molecule has 0 aromatic rings. The van der Waals surface area contributed by atoms with Crippen molar-refractivity contribution in [2.75, 3.05) is 32.9 Å². The summed E-state index contributed by atoms with van der Waals surface area (Å²) < 4.78 is 29.4. The Morgan fingerprint density at radius 2 is 1.86 bits per heavy atom. The number of nitrogens with zero attached hydrogens (tertiary/aromatic N) is 1. The van der Waals surface area contributed by atoms with Crippen LogP contribution in [0.4, 0.5) is 4.79 Å². The molecule has 164 valence electrons. The average molecular weight is 503 g/mol. The number of Topliss-reactive ketones (excluding diaryl/α,β-unsaturated/α-hetero) is 1. The molecule has 0 aliphatic carbocycles. The van der Waals surface area contributed by atoms with E-state index in [0.29, 0.717) is 0 Å². The first-order chi connectivity index (χ1) is 12.9. The molecule has 1 atom stereocenters. The van der Waals surface area contributed by atoms with Crippen LogP contribution in [0.15, 0.2) is 4.99 Å². The second-order valence-corrected chi connectivity index (χ2v) is 10.7. The highest BCUT2D eigenvalue weighted by Gasteiger charge is 2.49. The number of ether oxygens (including phenoxy) is 3. The molecule has 9 nitrogen and oxygen atoms in total. The molecule has 0 bridgehead atoms. The number of halogens is 3. The smallest absolute Gasteiger partial charge is 0.429 e. The molecule has 14 heteroatoms. The fourth-order valence-electron chi connectivity index (χ4n) is 1.80. The quantitative estimate of drug-likeness (QED) is 0.0752. The van der Waals surface area contributed by atoms with E-state index in [2.05, 4.69) is 19.0 Å². The molecule has 1 unspecified atom stereocenters. The number of thioether (sulfide) groups is 1. The van der Waals surface area contributed by atoms with Crippen LogP contribution >= 0.6 is 54.2 Å². The third kappa shape index (κ3) is 10.6. The van der Waals surface area contributed by atoms with Crippen LogP contribution in [-0.4, -0.2) is 64.3 Å². The summed E-state index contributed by atoms with van der Waals surface area (Å²) in [6.07, 6.45) is -1.30. The van der Waals surface area contributed by atoms with Crippen molar-refractivity contribution in [1.29, 1.82) is 0 Å². The summed E-state index contributed by atoms with van der Waals surface area (Å²) in [5.41, 5.74) is 1.26. The molecule has 0 saturated carbocycles. The number of aliphatic imine (C=N–C) groups is 1. The van der Waals surface area contributed by atoms with Gasteiger partial charge in [-0.15, -0.1) is 11.8 Å². The van der Waals surface area contributed by atoms with Crippen molar-refractivity contribution in [3.63, 3.8) is 0 Å². The largest absolute Gasteiger partial charge is 0.515 e. The number of methoxy groups -OCH3 is 1. The highest BCUT2D eigenvalue weighted by atomic mass is 35.6. The van der Waals surface area contributed by atoms with Gasteiger partial charge in [-0.2, -0.15) is 0 Å². The monoisotopic (exact) mass is 501 g/mol. The molecule has 0 rings (SSSR count). The molecule has 28 heavy (non-hydrogen) atoms. The van der Waals surface area contributed by atoms with Crippen LogP contribution in [0.2, 0.25) is 0 Å². The maximum Gasteiger partial charge on any atom is 0.515 e. The zero-order valence-electron chi connectivity index (χ0n) is 15.6. The van der Waals surface area contributed by atoms with Gasteiger partial charge >= 0.3 is 13.8 Å². The Labute approximate surface area is 182 Å². The first kappa shape index (κ1) is 27.9. The summed E-state index contributed by atoms with van der Waals surface area (Å²) in [5.74, 6) is -0.177. The van der Waals surface area contributed by atoms with Gasteiger partial charge in [-0.1, -0.05) is 48.7 Å². The third-order valence-electron chi connectivity index (χ3n) is 3.29. The predicted octanol–water partition coefficient (Wildman–Crippen LogP) is 4.16. The Hall–Kier alpha value is -0.0600. The molecule has 1 N–H and O–H groups in total. The number of ketones is 1. The van der Waals surface area contributed by atoms with Crippen LogP contribution in [0.5, 0.6) is 0 Å². The van der Waals surface area contributed by atoms with Gasteiger partial charge in [0, 0.05) is 7.11 Å². The van der Waals surface area contributed by atoms with E-state index in [-0.39, 0.29) is 37.8 Å². The van der Waals surface area contributed by atoms with E-state index in [1.807, 2.05) is 0 Å². The third-order valence-corrected chi connectivity index (χ3v) is 6.55. The number of carbonyl (C=O) groups is 2. The Morgan fingerprint density at radius 1 is 1.25 bits per heavy atom. The van der Waals surface area contributed by atoms with Crippen molar-refractivity contribution < 1.29 is 37.8 Å². The summed E-state index contributed by atoms with van der Waals surface area (Å²) in [7, 11) is -3.16. The minimum atomic E-state index is -4.60. The Morgan fingerprint density at radius 3 is 2.36 bits per heavy atom. The van der Waals surface area contributed by atoms with Gasteiger partial charge in [-0.3, -0.25) is 9.79 Å². The SMILES string of the molecule is CCC(CC)(N=CSCC(=O)COCOC)P(=O)(O)OC(=O)OCC(Cl)(Cl)Cl. The van der Waals surface area contributed by atoms with E-state index < -0.39 is 29.4 Å². The Balaban J connectivity index is 4.90. The minimum absolute atomic E-state index is 0.00130. The van der Waals surface area contributed by atoms with Crippen molar-refractivity contribution >= 4 is 71.6 Å². The summed E-state index contributed by atoms with van der Waals surface area (Å²) in [6, 6.07) is 0. The number of alkyl halides is 3. The van der Waals surface area contributed by atoms with Gasteiger partial charge in [0.15, 0.2) is 11.1 Å². The zero-order valence-corrected chi connectivity index (χ0v) is 19.5. The standard InChI is InChI=1S/C14H23Cl3NO8PS/c1-4-13(5-2,18-9-28-7-11(19)6-24-10-23-3)27(21,22)26-12(20)25-8-14(15,16)17/h9H,4-8,10H2,1-3H3,(H,21,22). The fourth-order valence-corrected chi connectivity index (χ4v) is 4.09. The van der Waals surface area contributed by atoms with Crippen molar-refractivity contribution in [1.82, 2.24) is 0 Å². The van der Waals surface area contributed by atoms with E-state index in [1.165, 1.54) is 12.7 Å². The van der Waals surface area contributed by atoms with E-state index in [1.54, 1.807) is 13.8 Å². The number of carbonyl (C=O) groups excluding carboxylic acids is 2. The molecule has 0 spiro atoms. The number of hydrogen-bond donors (Lipinski definition) is 1. The maximum absolute atomic E-state index is 12.6. The molecule has 0 aromatic carbocycles.